The molecule has 0 aliphatic rings. The smallest absolute Gasteiger partial charge is 0.232 e. The third kappa shape index (κ3) is 6.40. The Kier molecular flexibility index (Phi) is 5.74. The molecule has 1 N–H and O–H groups in total. The molecule has 0 saturated heterocycles. The van der Waals surface area contributed by atoms with Crippen LogP contribution in [0.4, 0.5) is 0 Å². The molecule has 0 spiro atoms. The van der Waals surface area contributed by atoms with E-state index in [1.54, 1.807) is 6.19 Å². The molecule has 1 amide bonds. The van der Waals surface area contributed by atoms with Crippen LogP contribution in [0.3, 0.4) is 0 Å². The van der Waals surface area contributed by atoms with Gasteiger partial charge in [-0.2, -0.15) is 5.26 Å². The standard InChI is InChI=1S/C8H10N2O/c1-2-3-4-5-6-8(11)10-7-9/h1H,3-6H2,(H,10,11). The van der Waals surface area contributed by atoms with Gasteiger partial charge in [0.1, 0.15) is 0 Å². The highest BCUT2D eigenvalue weighted by atomic mass is 16.1. The van der Waals surface area contributed by atoms with E-state index in [1.165, 1.54) is 0 Å². The van der Waals surface area contributed by atoms with Crippen molar-refractivity contribution in [3.8, 4) is 18.5 Å². The number of nitrogens with one attached hydrogen (secondary N) is 1. The Morgan fingerprint density at radius 1 is 1.55 bits per heavy atom. The van der Waals surface area contributed by atoms with Gasteiger partial charge in [-0.05, 0) is 12.8 Å². The lowest BCUT2D eigenvalue weighted by Crippen LogP contribution is -2.16. The van der Waals surface area contributed by atoms with Gasteiger partial charge in [0.2, 0.25) is 5.91 Å². The molecule has 0 aromatic heterocycles. The maximum Gasteiger partial charge on any atom is 0.232 e. The average molecular weight is 150 g/mol. The number of hydrogen-bond acceptors (Lipinski definition) is 2. The Morgan fingerprint density at radius 2 is 2.27 bits per heavy atom. The van der Waals surface area contributed by atoms with Gasteiger partial charge in [0, 0.05) is 12.8 Å². The van der Waals surface area contributed by atoms with E-state index in [0.29, 0.717) is 12.8 Å². The molecule has 0 saturated carbocycles. The van der Waals surface area contributed by atoms with Crippen LogP contribution in [-0.2, 0) is 4.79 Å². The molecule has 0 atom stereocenters. The van der Waals surface area contributed by atoms with Crippen LogP contribution in [0.25, 0.3) is 0 Å². The fraction of sp³-hybridized carbons (Fsp3) is 0.500. The predicted octanol–water partition coefficient (Wildman–Crippen LogP) is 0.777. The monoisotopic (exact) mass is 150 g/mol. The molecule has 0 radical (unpaired) electrons. The van der Waals surface area contributed by atoms with Gasteiger partial charge in [-0.25, -0.2) is 0 Å². The van der Waals surface area contributed by atoms with Gasteiger partial charge in [-0.3, -0.25) is 10.1 Å². The average Bonchev–Trinajstić information content (AvgIpc) is 1.99. The number of terminal acetylenes is 1. The Hall–Kier alpha value is -1.48. The highest BCUT2D eigenvalue weighted by Gasteiger charge is 1.97. The predicted molar refractivity (Wildman–Crippen MR) is 41.1 cm³/mol. The zero-order chi connectivity index (χ0) is 8.53. The number of unbranched alkanes of at least 4 members (excludes halogenated alkanes) is 2. The van der Waals surface area contributed by atoms with Crippen LogP contribution in [0.5, 0.6) is 0 Å². The summed E-state index contributed by atoms with van der Waals surface area (Å²) in [6.07, 6.45) is 9.24. The Morgan fingerprint density at radius 3 is 2.82 bits per heavy atom. The minimum atomic E-state index is -0.232. The van der Waals surface area contributed by atoms with Crippen LogP contribution in [-0.4, -0.2) is 5.91 Å². The number of hydrogen-bond donors (Lipinski definition) is 1. The van der Waals surface area contributed by atoms with Crippen LogP contribution >= 0.6 is 0 Å². The number of rotatable bonds is 4. The van der Waals surface area contributed by atoms with Gasteiger partial charge in [-0.15, -0.1) is 12.3 Å². The SMILES string of the molecule is C#CCCCCC(=O)NC#N. The molecule has 58 valence electrons. The number of nitriles is 1. The molecule has 0 fully saturated rings. The minimum Gasteiger partial charge on any atom is -0.274 e. The van der Waals surface area contributed by atoms with Crippen molar-refractivity contribution >= 4 is 5.91 Å². The van der Waals surface area contributed by atoms with Gasteiger partial charge in [0.15, 0.2) is 6.19 Å². The van der Waals surface area contributed by atoms with E-state index in [-0.39, 0.29) is 5.91 Å². The van der Waals surface area contributed by atoms with Crippen molar-refractivity contribution < 1.29 is 4.79 Å². The summed E-state index contributed by atoms with van der Waals surface area (Å²) in [5, 5.41) is 10.1. The summed E-state index contributed by atoms with van der Waals surface area (Å²) in [5.41, 5.74) is 0. The summed E-state index contributed by atoms with van der Waals surface area (Å²) in [4.78, 5) is 10.6. The molecular weight excluding hydrogens is 140 g/mol. The van der Waals surface area contributed by atoms with Gasteiger partial charge < -0.3 is 0 Å². The number of carbonyl (C=O) groups excluding carboxylic acids is 1. The van der Waals surface area contributed by atoms with E-state index in [4.69, 9.17) is 11.7 Å². The molecule has 0 rings (SSSR count). The molecule has 0 aliphatic carbocycles. The zero-order valence-electron chi connectivity index (χ0n) is 6.26. The normalized spacial score (nSPS) is 7.82. The first-order valence-corrected chi connectivity index (χ1v) is 3.42. The van der Waals surface area contributed by atoms with E-state index in [2.05, 4.69) is 5.92 Å². The molecule has 0 heterocycles. The van der Waals surface area contributed by atoms with Crippen molar-refractivity contribution in [2.75, 3.05) is 0 Å². The van der Waals surface area contributed by atoms with Crippen LogP contribution in [0.1, 0.15) is 25.7 Å². The van der Waals surface area contributed by atoms with Crippen molar-refractivity contribution in [3.05, 3.63) is 0 Å². The van der Waals surface area contributed by atoms with Gasteiger partial charge in [0.05, 0.1) is 0 Å². The maximum atomic E-state index is 10.6. The van der Waals surface area contributed by atoms with Crippen molar-refractivity contribution in [3.63, 3.8) is 0 Å². The number of nitrogens with zero attached hydrogens (tertiary/aromatic N) is 1. The van der Waals surface area contributed by atoms with Crippen molar-refractivity contribution in [1.82, 2.24) is 5.32 Å². The van der Waals surface area contributed by atoms with E-state index >= 15 is 0 Å². The highest BCUT2D eigenvalue weighted by molar-refractivity contribution is 5.77. The van der Waals surface area contributed by atoms with Crippen molar-refractivity contribution in [2.45, 2.75) is 25.7 Å². The van der Waals surface area contributed by atoms with Crippen LogP contribution in [0.2, 0.25) is 0 Å². The lowest BCUT2D eigenvalue weighted by Gasteiger charge is -1.94. The topological polar surface area (TPSA) is 52.9 Å². The Labute approximate surface area is 66.4 Å². The molecular formula is C8H10N2O. The third-order valence-corrected chi connectivity index (χ3v) is 1.17. The molecule has 0 bridgehead atoms. The summed E-state index contributed by atoms with van der Waals surface area (Å²) in [6, 6.07) is 0. The Bertz CT molecular complexity index is 197. The number of carbonyl (C=O) groups is 1. The molecule has 3 nitrogen and oxygen atoms in total. The van der Waals surface area contributed by atoms with Crippen LogP contribution < -0.4 is 5.32 Å². The molecule has 0 aromatic carbocycles. The van der Waals surface area contributed by atoms with Gasteiger partial charge >= 0.3 is 0 Å². The van der Waals surface area contributed by atoms with E-state index in [9.17, 15) is 4.79 Å². The summed E-state index contributed by atoms with van der Waals surface area (Å²) >= 11 is 0. The van der Waals surface area contributed by atoms with E-state index in [1.807, 2.05) is 5.32 Å². The largest absolute Gasteiger partial charge is 0.274 e. The first-order chi connectivity index (χ1) is 5.31. The third-order valence-electron chi connectivity index (χ3n) is 1.17. The second-order valence-electron chi connectivity index (χ2n) is 2.07. The van der Waals surface area contributed by atoms with Crippen LogP contribution in [0.15, 0.2) is 0 Å². The summed E-state index contributed by atoms with van der Waals surface area (Å²) in [7, 11) is 0. The number of amides is 1. The lowest BCUT2D eigenvalue weighted by atomic mass is 10.2. The lowest BCUT2D eigenvalue weighted by molar-refractivity contribution is -0.120. The first-order valence-electron chi connectivity index (χ1n) is 3.42. The molecule has 0 aromatic rings. The second kappa shape index (κ2) is 6.64. The molecule has 0 unspecified atom stereocenters. The first kappa shape index (κ1) is 9.52. The summed E-state index contributed by atoms with van der Waals surface area (Å²) in [5.74, 6) is 2.24. The minimum absolute atomic E-state index is 0.232. The van der Waals surface area contributed by atoms with Crippen molar-refractivity contribution in [2.24, 2.45) is 0 Å². The zero-order valence-corrected chi connectivity index (χ0v) is 6.26. The van der Waals surface area contributed by atoms with Gasteiger partial charge in [0.25, 0.3) is 0 Å². The van der Waals surface area contributed by atoms with Crippen molar-refractivity contribution in [1.29, 1.82) is 5.26 Å². The summed E-state index contributed by atoms with van der Waals surface area (Å²) in [6.45, 7) is 0. The van der Waals surface area contributed by atoms with Gasteiger partial charge in [-0.1, -0.05) is 0 Å². The van der Waals surface area contributed by atoms with E-state index in [0.717, 1.165) is 12.8 Å². The maximum absolute atomic E-state index is 10.6. The molecule has 3 heteroatoms. The highest BCUT2D eigenvalue weighted by Crippen LogP contribution is 1.97. The molecule has 0 aliphatic heterocycles. The van der Waals surface area contributed by atoms with Crippen LogP contribution in [0, 0.1) is 23.8 Å². The fourth-order valence-electron chi connectivity index (χ4n) is 0.637. The quantitative estimate of drug-likeness (QED) is 0.278. The second-order valence-corrected chi connectivity index (χ2v) is 2.07. The Balaban J connectivity index is 3.20. The van der Waals surface area contributed by atoms with E-state index < -0.39 is 0 Å². The fourth-order valence-corrected chi connectivity index (χ4v) is 0.637. The molecule has 11 heavy (non-hydrogen) atoms. The summed E-state index contributed by atoms with van der Waals surface area (Å²) < 4.78 is 0.